The summed E-state index contributed by atoms with van der Waals surface area (Å²) in [7, 11) is 0. The van der Waals surface area contributed by atoms with Gasteiger partial charge in [0, 0.05) is 28.9 Å². The first kappa shape index (κ1) is 13.5. The van der Waals surface area contributed by atoms with Crippen LogP contribution in [0.5, 0.6) is 0 Å². The third-order valence-corrected chi connectivity index (χ3v) is 2.52. The van der Waals surface area contributed by atoms with Crippen LogP contribution < -0.4 is 5.73 Å². The SMILES string of the molecule is [N-]=[N+]=NCCC(O)C(O)c1c(N)ccnc1Cl. The number of halogens is 1. The maximum Gasteiger partial charge on any atom is 0.136 e. The molecule has 0 spiro atoms. The smallest absolute Gasteiger partial charge is 0.136 e. The fourth-order valence-electron chi connectivity index (χ4n) is 1.34. The van der Waals surface area contributed by atoms with Crippen LogP contribution in [0.3, 0.4) is 0 Å². The molecule has 17 heavy (non-hydrogen) atoms. The predicted octanol–water partition coefficient (Wildman–Crippen LogP) is 1.41. The van der Waals surface area contributed by atoms with Gasteiger partial charge in [0.25, 0.3) is 0 Å². The van der Waals surface area contributed by atoms with Gasteiger partial charge in [0.05, 0.1) is 6.10 Å². The lowest BCUT2D eigenvalue weighted by molar-refractivity contribution is 0.0153. The van der Waals surface area contributed by atoms with E-state index in [1.165, 1.54) is 12.3 Å². The first-order valence-electron chi connectivity index (χ1n) is 4.84. The topological polar surface area (TPSA) is 128 Å². The molecule has 1 aromatic heterocycles. The lowest BCUT2D eigenvalue weighted by Crippen LogP contribution is -2.20. The Morgan fingerprint density at radius 3 is 2.88 bits per heavy atom. The summed E-state index contributed by atoms with van der Waals surface area (Å²) in [6.07, 6.45) is -0.870. The van der Waals surface area contributed by atoms with Crippen molar-refractivity contribution >= 4 is 17.3 Å². The summed E-state index contributed by atoms with van der Waals surface area (Å²) < 4.78 is 0. The summed E-state index contributed by atoms with van der Waals surface area (Å²) in [5, 5.41) is 22.8. The number of nitrogens with zero attached hydrogens (tertiary/aromatic N) is 4. The Morgan fingerprint density at radius 2 is 2.29 bits per heavy atom. The zero-order chi connectivity index (χ0) is 12.8. The maximum atomic E-state index is 9.86. The average Bonchev–Trinajstić information content (AvgIpc) is 2.28. The molecule has 0 radical (unpaired) electrons. The van der Waals surface area contributed by atoms with Crippen LogP contribution in [-0.4, -0.2) is 27.8 Å². The maximum absolute atomic E-state index is 9.86. The van der Waals surface area contributed by atoms with E-state index in [1.807, 2.05) is 0 Å². The molecule has 1 rings (SSSR count). The number of rotatable bonds is 5. The van der Waals surface area contributed by atoms with Crippen molar-refractivity contribution in [3.8, 4) is 0 Å². The van der Waals surface area contributed by atoms with E-state index < -0.39 is 12.2 Å². The van der Waals surface area contributed by atoms with Crippen LogP contribution in [0.4, 0.5) is 5.69 Å². The number of aliphatic hydroxyl groups is 2. The van der Waals surface area contributed by atoms with E-state index in [2.05, 4.69) is 15.0 Å². The second-order valence-corrected chi connectivity index (χ2v) is 3.72. The number of nitrogens with two attached hydrogens (primary N) is 1. The Balaban J connectivity index is 2.81. The van der Waals surface area contributed by atoms with Crippen LogP contribution in [-0.2, 0) is 0 Å². The van der Waals surface area contributed by atoms with Gasteiger partial charge in [-0.2, -0.15) is 0 Å². The predicted molar refractivity (Wildman–Crippen MR) is 63.3 cm³/mol. The molecule has 8 heteroatoms. The minimum atomic E-state index is -1.26. The van der Waals surface area contributed by atoms with E-state index in [9.17, 15) is 10.2 Å². The van der Waals surface area contributed by atoms with Crippen LogP contribution in [0.15, 0.2) is 17.4 Å². The van der Waals surface area contributed by atoms with Crippen molar-refractivity contribution < 1.29 is 10.2 Å². The fraction of sp³-hybridized carbons (Fsp3) is 0.444. The number of azide groups is 1. The summed E-state index contributed by atoms with van der Waals surface area (Å²) in [5.41, 5.74) is 14.2. The van der Waals surface area contributed by atoms with Crippen molar-refractivity contribution in [3.63, 3.8) is 0 Å². The number of nitrogen functional groups attached to an aromatic ring is 1. The average molecular weight is 258 g/mol. The molecule has 1 heterocycles. The molecule has 1 aromatic rings. The van der Waals surface area contributed by atoms with Crippen LogP contribution >= 0.6 is 11.6 Å². The van der Waals surface area contributed by atoms with E-state index >= 15 is 0 Å². The molecular formula is C9H12ClN5O2. The highest BCUT2D eigenvalue weighted by atomic mass is 35.5. The van der Waals surface area contributed by atoms with E-state index in [1.54, 1.807) is 0 Å². The molecule has 0 fully saturated rings. The summed E-state index contributed by atoms with van der Waals surface area (Å²) in [4.78, 5) is 6.32. The Bertz CT molecular complexity index is 415. The van der Waals surface area contributed by atoms with E-state index in [0.717, 1.165) is 0 Å². The largest absolute Gasteiger partial charge is 0.398 e. The van der Waals surface area contributed by atoms with Gasteiger partial charge in [-0.05, 0) is 18.0 Å². The molecule has 0 amide bonds. The number of hydrogen-bond acceptors (Lipinski definition) is 5. The van der Waals surface area contributed by atoms with Gasteiger partial charge < -0.3 is 15.9 Å². The Morgan fingerprint density at radius 1 is 1.59 bits per heavy atom. The fourth-order valence-corrected chi connectivity index (χ4v) is 1.62. The van der Waals surface area contributed by atoms with Crippen molar-refractivity contribution in [1.82, 2.24) is 4.98 Å². The highest BCUT2D eigenvalue weighted by Gasteiger charge is 2.23. The van der Waals surface area contributed by atoms with Crippen LogP contribution in [0.25, 0.3) is 10.4 Å². The summed E-state index contributed by atoms with van der Waals surface area (Å²) in [6, 6.07) is 1.48. The summed E-state index contributed by atoms with van der Waals surface area (Å²) >= 11 is 5.79. The molecule has 4 N–H and O–H groups in total. The molecule has 0 aliphatic rings. The Labute approximate surface area is 102 Å². The zero-order valence-electron chi connectivity index (χ0n) is 8.86. The minimum Gasteiger partial charge on any atom is -0.398 e. The van der Waals surface area contributed by atoms with Crippen molar-refractivity contribution in [2.24, 2.45) is 5.11 Å². The van der Waals surface area contributed by atoms with Crippen molar-refractivity contribution in [3.05, 3.63) is 33.4 Å². The van der Waals surface area contributed by atoms with Gasteiger partial charge in [-0.1, -0.05) is 16.7 Å². The third kappa shape index (κ3) is 3.47. The second-order valence-electron chi connectivity index (χ2n) is 3.36. The van der Waals surface area contributed by atoms with E-state index in [4.69, 9.17) is 22.9 Å². The minimum absolute atomic E-state index is 0.0420. The van der Waals surface area contributed by atoms with Crippen molar-refractivity contribution in [1.29, 1.82) is 0 Å². The zero-order valence-corrected chi connectivity index (χ0v) is 9.62. The van der Waals surface area contributed by atoms with E-state index in [-0.39, 0.29) is 29.4 Å². The van der Waals surface area contributed by atoms with Gasteiger partial charge in [-0.25, -0.2) is 4.98 Å². The standard InChI is InChI=1S/C9H12ClN5O2/c10-9-7(5(11)1-3-13-9)8(17)6(16)2-4-14-15-12/h1,3,6,8,16-17H,2,4H2,(H2,11,13). The highest BCUT2D eigenvalue weighted by Crippen LogP contribution is 2.29. The Kier molecular flexibility index (Phi) is 4.99. The van der Waals surface area contributed by atoms with Gasteiger partial charge >= 0.3 is 0 Å². The van der Waals surface area contributed by atoms with Gasteiger partial charge in [0.1, 0.15) is 11.3 Å². The third-order valence-electron chi connectivity index (χ3n) is 2.22. The number of anilines is 1. The van der Waals surface area contributed by atoms with Gasteiger partial charge in [0.2, 0.25) is 0 Å². The monoisotopic (exact) mass is 257 g/mol. The number of hydrogen-bond donors (Lipinski definition) is 3. The summed E-state index contributed by atoms with van der Waals surface area (Å²) in [6.45, 7) is 0.0759. The van der Waals surface area contributed by atoms with Gasteiger partial charge in [-0.15, -0.1) is 0 Å². The van der Waals surface area contributed by atoms with Gasteiger partial charge in [0.15, 0.2) is 0 Å². The Hall–Kier alpha value is -1.53. The van der Waals surface area contributed by atoms with Crippen LogP contribution in [0.2, 0.25) is 5.15 Å². The van der Waals surface area contributed by atoms with Crippen LogP contribution in [0, 0.1) is 0 Å². The molecule has 0 aliphatic carbocycles. The van der Waals surface area contributed by atoms with E-state index in [0.29, 0.717) is 0 Å². The molecule has 0 saturated carbocycles. The molecule has 2 unspecified atom stereocenters. The van der Waals surface area contributed by atoms with Crippen LogP contribution in [0.1, 0.15) is 18.1 Å². The second kappa shape index (κ2) is 6.27. The summed E-state index contributed by atoms with van der Waals surface area (Å²) in [5.74, 6) is 0. The molecule has 0 bridgehead atoms. The molecule has 2 atom stereocenters. The lowest BCUT2D eigenvalue weighted by atomic mass is 10.0. The first-order chi connectivity index (χ1) is 8.07. The molecule has 7 nitrogen and oxygen atoms in total. The number of aliphatic hydroxyl groups excluding tert-OH is 2. The molecule has 0 saturated heterocycles. The molecule has 0 aliphatic heterocycles. The van der Waals surface area contributed by atoms with Crippen molar-refractivity contribution in [2.45, 2.75) is 18.6 Å². The van der Waals surface area contributed by atoms with Crippen molar-refractivity contribution in [2.75, 3.05) is 12.3 Å². The number of aromatic nitrogens is 1. The first-order valence-corrected chi connectivity index (χ1v) is 5.22. The van der Waals surface area contributed by atoms with Gasteiger partial charge in [-0.3, -0.25) is 0 Å². The lowest BCUT2D eigenvalue weighted by Gasteiger charge is -2.19. The highest BCUT2D eigenvalue weighted by molar-refractivity contribution is 6.30. The quantitative estimate of drug-likeness (QED) is 0.319. The molecule has 92 valence electrons. The molecule has 0 aromatic carbocycles. The normalized spacial score (nSPS) is 13.8. The number of pyridine rings is 1. The molecular weight excluding hydrogens is 246 g/mol.